The molecule has 0 heterocycles. The van der Waals surface area contributed by atoms with Crippen LogP contribution in [0.15, 0.2) is 84.9 Å². The van der Waals surface area contributed by atoms with Gasteiger partial charge in [-0.15, -0.1) is 0 Å². The average Bonchev–Trinajstić information content (AvgIpc) is 2.77. The van der Waals surface area contributed by atoms with Crippen molar-refractivity contribution in [3.63, 3.8) is 0 Å². The van der Waals surface area contributed by atoms with Crippen LogP contribution in [0.1, 0.15) is 42.9 Å². The Hall–Kier alpha value is -3.60. The summed E-state index contributed by atoms with van der Waals surface area (Å²) in [6.45, 7) is 4.25. The third-order valence-corrected chi connectivity index (χ3v) is 4.91. The Morgan fingerprint density at radius 3 is 1.84 bits per heavy atom. The van der Waals surface area contributed by atoms with Gasteiger partial charge in [0, 0.05) is 30.6 Å². The second-order valence-corrected chi connectivity index (χ2v) is 7.80. The molecule has 5 heteroatoms. The summed E-state index contributed by atoms with van der Waals surface area (Å²) in [6.07, 6.45) is 0.378. The van der Waals surface area contributed by atoms with E-state index in [0.717, 1.165) is 16.7 Å². The first kappa shape index (κ1) is 22.1. The molecular weight excluding hydrogens is 386 g/mol. The number of anilines is 1. The fraction of sp³-hybridized carbons (Fsp3) is 0.231. The lowest BCUT2D eigenvalue weighted by atomic mass is 9.88. The quantitative estimate of drug-likeness (QED) is 0.482. The lowest BCUT2D eigenvalue weighted by molar-refractivity contribution is -0.121. The van der Waals surface area contributed by atoms with Crippen molar-refractivity contribution < 1.29 is 9.59 Å². The van der Waals surface area contributed by atoms with Crippen LogP contribution in [-0.2, 0) is 11.3 Å². The molecule has 5 nitrogen and oxygen atoms in total. The lowest BCUT2D eigenvalue weighted by Gasteiger charge is -2.18. The average molecular weight is 416 g/mol. The maximum Gasteiger partial charge on any atom is 0.319 e. The Morgan fingerprint density at radius 1 is 0.774 bits per heavy atom. The molecular formula is C26H29N3O2. The number of nitrogens with one attached hydrogen (secondary N) is 3. The minimum Gasteiger partial charge on any atom is -0.352 e. The molecule has 0 saturated heterocycles. The zero-order valence-electron chi connectivity index (χ0n) is 18.0. The van der Waals surface area contributed by atoms with Crippen LogP contribution in [0.2, 0.25) is 0 Å². The van der Waals surface area contributed by atoms with E-state index >= 15 is 0 Å². The molecule has 3 aromatic rings. The van der Waals surface area contributed by atoms with Crippen LogP contribution in [-0.4, -0.2) is 18.0 Å². The van der Waals surface area contributed by atoms with Gasteiger partial charge in [-0.1, -0.05) is 72.8 Å². The Bertz CT molecular complexity index is 931. The number of carbonyl (C=O) groups excluding carboxylic acids is 2. The minimum absolute atomic E-state index is 0.00350. The molecule has 0 aromatic heterocycles. The van der Waals surface area contributed by atoms with E-state index in [1.54, 1.807) is 0 Å². The van der Waals surface area contributed by atoms with Crippen molar-refractivity contribution in [1.29, 1.82) is 0 Å². The second kappa shape index (κ2) is 11.0. The molecule has 0 aliphatic carbocycles. The van der Waals surface area contributed by atoms with Gasteiger partial charge in [-0.05, 0) is 42.7 Å². The smallest absolute Gasteiger partial charge is 0.319 e. The molecule has 0 aliphatic heterocycles. The van der Waals surface area contributed by atoms with Crippen molar-refractivity contribution >= 4 is 17.6 Å². The highest BCUT2D eigenvalue weighted by Gasteiger charge is 2.17. The number of rotatable bonds is 8. The topological polar surface area (TPSA) is 70.2 Å². The summed E-state index contributed by atoms with van der Waals surface area (Å²) in [4.78, 5) is 24.5. The van der Waals surface area contributed by atoms with Crippen molar-refractivity contribution in [3.05, 3.63) is 102 Å². The van der Waals surface area contributed by atoms with Crippen molar-refractivity contribution in [2.75, 3.05) is 5.32 Å². The highest BCUT2D eigenvalue weighted by atomic mass is 16.2. The summed E-state index contributed by atoms with van der Waals surface area (Å²) in [5.74, 6) is 0.00432. The van der Waals surface area contributed by atoms with E-state index in [1.165, 1.54) is 0 Å². The number of hydrogen-bond donors (Lipinski definition) is 3. The molecule has 3 rings (SSSR count). The number of hydrogen-bond acceptors (Lipinski definition) is 2. The molecule has 0 aliphatic rings. The van der Waals surface area contributed by atoms with Crippen molar-refractivity contribution in [2.45, 2.75) is 38.8 Å². The van der Waals surface area contributed by atoms with Gasteiger partial charge in [0.25, 0.3) is 0 Å². The van der Waals surface area contributed by atoms with E-state index in [0.29, 0.717) is 18.7 Å². The number of benzene rings is 3. The molecule has 0 radical (unpaired) electrons. The molecule has 0 atom stereocenters. The van der Waals surface area contributed by atoms with Gasteiger partial charge in [-0.25, -0.2) is 4.79 Å². The fourth-order valence-electron chi connectivity index (χ4n) is 3.39. The summed E-state index contributed by atoms with van der Waals surface area (Å²) in [7, 11) is 0. The fourth-order valence-corrected chi connectivity index (χ4v) is 3.39. The summed E-state index contributed by atoms with van der Waals surface area (Å²) < 4.78 is 0. The van der Waals surface area contributed by atoms with Crippen molar-refractivity contribution in [3.8, 4) is 0 Å². The summed E-state index contributed by atoms with van der Waals surface area (Å²) in [6, 6.07) is 27.5. The van der Waals surface area contributed by atoms with Gasteiger partial charge in [0.15, 0.2) is 0 Å². The third kappa shape index (κ3) is 7.00. The molecule has 0 fully saturated rings. The first-order valence-corrected chi connectivity index (χ1v) is 10.5. The molecule has 0 spiro atoms. The molecule has 3 N–H and O–H groups in total. The molecule has 3 amide bonds. The Balaban J connectivity index is 1.57. The predicted molar refractivity (Wildman–Crippen MR) is 125 cm³/mol. The van der Waals surface area contributed by atoms with Crippen molar-refractivity contribution in [1.82, 2.24) is 10.6 Å². The monoisotopic (exact) mass is 415 g/mol. The summed E-state index contributed by atoms with van der Waals surface area (Å²) in [5, 5.41) is 8.59. The molecule has 3 aromatic carbocycles. The van der Waals surface area contributed by atoms with Gasteiger partial charge in [-0.3, -0.25) is 4.79 Å². The van der Waals surface area contributed by atoms with E-state index in [-0.39, 0.29) is 23.9 Å². The SMILES string of the molecule is CC(C)NC(=O)Nc1ccc(CNC(=O)CC(c2ccccc2)c2ccccc2)cc1. The Labute approximate surface area is 183 Å². The van der Waals surface area contributed by atoms with Gasteiger partial charge < -0.3 is 16.0 Å². The molecule has 0 saturated carbocycles. The highest BCUT2D eigenvalue weighted by molar-refractivity contribution is 5.89. The largest absolute Gasteiger partial charge is 0.352 e. The van der Waals surface area contributed by atoms with E-state index in [1.807, 2.05) is 74.5 Å². The van der Waals surface area contributed by atoms with Gasteiger partial charge >= 0.3 is 6.03 Å². The zero-order chi connectivity index (χ0) is 22.1. The lowest BCUT2D eigenvalue weighted by Crippen LogP contribution is -2.34. The molecule has 0 bridgehead atoms. The first-order valence-electron chi connectivity index (χ1n) is 10.5. The maximum atomic E-state index is 12.7. The van der Waals surface area contributed by atoms with Gasteiger partial charge in [0.1, 0.15) is 0 Å². The van der Waals surface area contributed by atoms with E-state index in [4.69, 9.17) is 0 Å². The van der Waals surface area contributed by atoms with Crippen LogP contribution in [0.4, 0.5) is 10.5 Å². The van der Waals surface area contributed by atoms with Crippen LogP contribution in [0.3, 0.4) is 0 Å². The zero-order valence-corrected chi connectivity index (χ0v) is 18.0. The van der Waals surface area contributed by atoms with Gasteiger partial charge in [0.05, 0.1) is 0 Å². The van der Waals surface area contributed by atoms with Crippen LogP contribution < -0.4 is 16.0 Å². The second-order valence-electron chi connectivity index (χ2n) is 7.80. The molecule has 0 unspecified atom stereocenters. The van der Waals surface area contributed by atoms with Crippen LogP contribution >= 0.6 is 0 Å². The Morgan fingerprint density at radius 2 is 1.32 bits per heavy atom. The number of amides is 3. The maximum absolute atomic E-state index is 12.7. The van der Waals surface area contributed by atoms with Crippen LogP contribution in [0.5, 0.6) is 0 Å². The normalized spacial score (nSPS) is 10.7. The summed E-state index contributed by atoms with van der Waals surface area (Å²) >= 11 is 0. The minimum atomic E-state index is -0.232. The standard InChI is InChI=1S/C26H29N3O2/c1-19(2)28-26(31)29-23-15-13-20(14-16-23)18-27-25(30)17-24(21-9-5-3-6-10-21)22-11-7-4-8-12-22/h3-16,19,24H,17-18H2,1-2H3,(H,27,30)(H2,28,29,31). The number of carbonyl (C=O) groups is 2. The third-order valence-electron chi connectivity index (χ3n) is 4.91. The van der Waals surface area contributed by atoms with E-state index in [9.17, 15) is 9.59 Å². The van der Waals surface area contributed by atoms with Crippen LogP contribution in [0.25, 0.3) is 0 Å². The van der Waals surface area contributed by atoms with E-state index < -0.39 is 0 Å². The summed E-state index contributed by atoms with van der Waals surface area (Å²) in [5.41, 5.74) is 3.93. The Kier molecular flexibility index (Phi) is 7.82. The number of urea groups is 1. The highest BCUT2D eigenvalue weighted by Crippen LogP contribution is 2.27. The van der Waals surface area contributed by atoms with Gasteiger partial charge in [0.2, 0.25) is 5.91 Å². The van der Waals surface area contributed by atoms with Gasteiger partial charge in [-0.2, -0.15) is 0 Å². The molecule has 31 heavy (non-hydrogen) atoms. The first-order chi connectivity index (χ1) is 15.0. The predicted octanol–water partition coefficient (Wildman–Crippen LogP) is 5.05. The molecule has 160 valence electrons. The van der Waals surface area contributed by atoms with Crippen molar-refractivity contribution in [2.24, 2.45) is 0 Å². The van der Waals surface area contributed by atoms with Crippen LogP contribution in [0, 0.1) is 0 Å². The van der Waals surface area contributed by atoms with E-state index in [2.05, 4.69) is 40.2 Å².